The van der Waals surface area contributed by atoms with E-state index in [-0.39, 0.29) is 29.0 Å². The van der Waals surface area contributed by atoms with Crippen molar-refractivity contribution in [3.8, 4) is 28.0 Å². The summed E-state index contributed by atoms with van der Waals surface area (Å²) in [5, 5.41) is 26.1. The second-order valence-electron chi connectivity index (χ2n) is 11.6. The predicted octanol–water partition coefficient (Wildman–Crippen LogP) is 7.38. The fourth-order valence-corrected chi connectivity index (χ4v) is 7.03. The molecule has 10 heteroatoms. The van der Waals surface area contributed by atoms with Gasteiger partial charge < -0.3 is 30.2 Å². The van der Waals surface area contributed by atoms with Crippen molar-refractivity contribution in [2.45, 2.75) is 37.5 Å². The van der Waals surface area contributed by atoms with E-state index in [0.717, 1.165) is 16.8 Å². The Labute approximate surface area is 278 Å². The van der Waals surface area contributed by atoms with Gasteiger partial charge in [-0.1, -0.05) is 78.9 Å². The van der Waals surface area contributed by atoms with Crippen LogP contribution in [0.4, 0.5) is 10.1 Å². The average Bonchev–Trinajstić information content (AvgIpc) is 3.40. The Kier molecular flexibility index (Phi) is 9.55. The molecule has 47 heavy (non-hydrogen) atoms. The number of benzene rings is 5. The monoisotopic (exact) mass is 668 g/mol. The number of anilines is 1. The number of phenols is 1. The molecule has 240 valence electrons. The highest BCUT2D eigenvalue weighted by Gasteiger charge is 2.40. The number of hydrogen-bond acceptors (Lipinski definition) is 4. The minimum atomic E-state index is -4.37. The van der Waals surface area contributed by atoms with Crippen molar-refractivity contribution in [2.75, 3.05) is 4.90 Å². The zero-order valence-corrected chi connectivity index (χ0v) is 27.0. The van der Waals surface area contributed by atoms with Gasteiger partial charge in [-0.2, -0.15) is 0 Å². The van der Waals surface area contributed by atoms with Crippen molar-refractivity contribution in [2.24, 2.45) is 0 Å². The number of rotatable bonds is 10. The first-order valence-corrected chi connectivity index (χ1v) is 17.3. The van der Waals surface area contributed by atoms with E-state index >= 15 is 0 Å². The van der Waals surface area contributed by atoms with Crippen LogP contribution in [0.2, 0.25) is 0 Å². The molecule has 1 heterocycles. The smallest absolute Gasteiger partial charge is 0.356 e. The lowest BCUT2D eigenvalue weighted by atomic mass is 9.91. The molecule has 0 saturated carbocycles. The van der Waals surface area contributed by atoms with E-state index in [1.165, 1.54) is 24.3 Å². The van der Waals surface area contributed by atoms with Gasteiger partial charge in [0.2, 0.25) is 0 Å². The van der Waals surface area contributed by atoms with Crippen LogP contribution in [-0.2, 0) is 4.57 Å². The summed E-state index contributed by atoms with van der Waals surface area (Å²) in [6.07, 6.45) is 0.992. The largest absolute Gasteiger partial charge is 0.508 e. The molecule has 7 nitrogen and oxygen atoms in total. The first-order chi connectivity index (χ1) is 22.6. The number of halogens is 1. The van der Waals surface area contributed by atoms with Gasteiger partial charge in [0.05, 0.1) is 23.5 Å². The summed E-state index contributed by atoms with van der Waals surface area (Å²) in [6, 6.07) is 34.8. The SMILES string of the molecule is O=P(O)(O)c1ccc(-c2ccc([C@@H]3[C@@H](CCC[C@@H](O)c4ccc(F)cc4)NC(=S)N3c3ccc(-c4ccccc4)cc3)c(O)c2)cc1. The number of aliphatic hydroxyl groups is 1. The molecule has 3 atom stereocenters. The molecule has 5 aromatic rings. The molecule has 1 saturated heterocycles. The average molecular weight is 669 g/mol. The highest BCUT2D eigenvalue weighted by molar-refractivity contribution is 7.80. The molecule has 0 unspecified atom stereocenters. The summed E-state index contributed by atoms with van der Waals surface area (Å²) < 4.78 is 25.0. The van der Waals surface area contributed by atoms with Crippen molar-refractivity contribution in [1.82, 2.24) is 5.32 Å². The lowest BCUT2D eigenvalue weighted by Gasteiger charge is -2.29. The van der Waals surface area contributed by atoms with Gasteiger partial charge in [-0.25, -0.2) is 4.39 Å². The summed E-state index contributed by atoms with van der Waals surface area (Å²) in [7, 11) is -4.37. The van der Waals surface area contributed by atoms with Crippen LogP contribution in [0.5, 0.6) is 5.75 Å². The quantitative estimate of drug-likeness (QED) is 0.0775. The third kappa shape index (κ3) is 7.30. The molecule has 0 amide bonds. The van der Waals surface area contributed by atoms with Crippen LogP contribution in [0.1, 0.15) is 42.5 Å². The zero-order valence-electron chi connectivity index (χ0n) is 25.3. The molecule has 0 spiro atoms. The van der Waals surface area contributed by atoms with Crippen LogP contribution in [0.25, 0.3) is 22.3 Å². The number of nitrogens with zero attached hydrogens (tertiary/aromatic N) is 1. The highest BCUT2D eigenvalue weighted by atomic mass is 32.1. The van der Waals surface area contributed by atoms with Crippen LogP contribution in [0.15, 0.2) is 121 Å². The maximum absolute atomic E-state index is 13.4. The van der Waals surface area contributed by atoms with E-state index < -0.39 is 13.7 Å². The van der Waals surface area contributed by atoms with Crippen molar-refractivity contribution < 1.29 is 29.0 Å². The second-order valence-corrected chi connectivity index (χ2v) is 13.6. The summed E-state index contributed by atoms with van der Waals surface area (Å²) in [6.45, 7) is 0. The molecule has 0 aromatic heterocycles. The molecule has 6 rings (SSSR count). The summed E-state index contributed by atoms with van der Waals surface area (Å²) in [4.78, 5) is 21.0. The summed E-state index contributed by atoms with van der Waals surface area (Å²) in [5.74, 6) is -0.298. The molecule has 1 aliphatic rings. The van der Waals surface area contributed by atoms with Crippen LogP contribution in [-0.4, -0.2) is 31.2 Å². The Bertz CT molecular complexity index is 1900. The van der Waals surface area contributed by atoms with Crippen LogP contribution < -0.4 is 15.5 Å². The molecule has 1 aliphatic heterocycles. The Hall–Kier alpha value is -4.37. The van der Waals surface area contributed by atoms with E-state index in [0.29, 0.717) is 46.6 Å². The lowest BCUT2D eigenvalue weighted by molar-refractivity contribution is 0.162. The van der Waals surface area contributed by atoms with Gasteiger partial charge in [0.25, 0.3) is 0 Å². The second kappa shape index (κ2) is 13.8. The first kappa shape index (κ1) is 32.6. The first-order valence-electron chi connectivity index (χ1n) is 15.3. The van der Waals surface area contributed by atoms with Gasteiger partial charge in [-0.3, -0.25) is 4.57 Å². The predicted molar refractivity (Wildman–Crippen MR) is 187 cm³/mol. The van der Waals surface area contributed by atoms with Crippen LogP contribution in [0, 0.1) is 5.82 Å². The Balaban J connectivity index is 1.29. The Morgan fingerprint density at radius 1 is 0.809 bits per heavy atom. The zero-order chi connectivity index (χ0) is 33.1. The van der Waals surface area contributed by atoms with Gasteiger partial charge in [-0.05, 0) is 102 Å². The van der Waals surface area contributed by atoms with Crippen molar-refractivity contribution in [3.63, 3.8) is 0 Å². The molecule has 5 aromatic carbocycles. The standard InChI is InChI=1S/C37H34FN2O5PS/c38-29-16-9-27(10-17-29)34(41)8-4-7-33-36(32-22-15-28(23-35(32)42)26-13-20-31(21-14-26)46(43,44)45)40(37(47)39-33)30-18-11-25(12-19-30)24-5-2-1-3-6-24/h1-3,5-6,9-23,33-34,36,41-42H,4,7-8H2,(H,39,47)(H2,43,44,45)/t33-,34-,36-/m1/s1. The fourth-order valence-electron chi connectivity index (χ4n) is 6.13. The summed E-state index contributed by atoms with van der Waals surface area (Å²) in [5.41, 5.74) is 5.71. The van der Waals surface area contributed by atoms with Crippen molar-refractivity contribution >= 4 is 35.9 Å². The maximum atomic E-state index is 13.4. The van der Waals surface area contributed by atoms with E-state index in [1.807, 2.05) is 59.5 Å². The Morgan fingerprint density at radius 2 is 1.40 bits per heavy atom. The number of nitrogens with one attached hydrogen (secondary N) is 1. The van der Waals surface area contributed by atoms with E-state index in [9.17, 15) is 29.0 Å². The van der Waals surface area contributed by atoms with E-state index in [4.69, 9.17) is 12.2 Å². The van der Waals surface area contributed by atoms with Gasteiger partial charge in [0.15, 0.2) is 5.11 Å². The number of aliphatic hydroxyl groups excluding tert-OH is 1. The normalized spacial score (nSPS) is 17.0. The van der Waals surface area contributed by atoms with Crippen molar-refractivity contribution in [3.05, 3.63) is 138 Å². The highest BCUT2D eigenvalue weighted by Crippen LogP contribution is 2.42. The van der Waals surface area contributed by atoms with Crippen LogP contribution >= 0.6 is 19.8 Å². The molecule has 0 aliphatic carbocycles. The van der Waals surface area contributed by atoms with Gasteiger partial charge in [-0.15, -0.1) is 0 Å². The van der Waals surface area contributed by atoms with E-state index in [1.54, 1.807) is 30.3 Å². The molecule has 5 N–H and O–H groups in total. The Morgan fingerprint density at radius 3 is 2.04 bits per heavy atom. The van der Waals surface area contributed by atoms with E-state index in [2.05, 4.69) is 17.4 Å². The number of hydrogen-bond donors (Lipinski definition) is 5. The van der Waals surface area contributed by atoms with Gasteiger partial charge >= 0.3 is 7.60 Å². The lowest BCUT2D eigenvalue weighted by Crippen LogP contribution is -2.29. The molecular weight excluding hydrogens is 634 g/mol. The number of thiocarbonyl (C=S) groups is 1. The molecule has 0 bridgehead atoms. The minimum absolute atomic E-state index is 0.0558. The maximum Gasteiger partial charge on any atom is 0.356 e. The minimum Gasteiger partial charge on any atom is -0.508 e. The molecular formula is C37H34FN2O5PS. The summed E-state index contributed by atoms with van der Waals surface area (Å²) >= 11 is 5.87. The fraction of sp³-hybridized carbons (Fsp3) is 0.162. The van der Waals surface area contributed by atoms with Crippen LogP contribution in [0.3, 0.4) is 0 Å². The number of aromatic hydroxyl groups is 1. The molecule has 1 fully saturated rings. The van der Waals surface area contributed by atoms with Gasteiger partial charge in [0, 0.05) is 11.3 Å². The van der Waals surface area contributed by atoms with Crippen molar-refractivity contribution in [1.29, 1.82) is 0 Å². The third-order valence-corrected chi connectivity index (χ3v) is 9.86. The third-order valence-electron chi connectivity index (χ3n) is 8.57. The molecule has 0 radical (unpaired) electrons. The number of phenolic OH excluding ortho intramolecular Hbond substituents is 1. The topological polar surface area (TPSA) is 113 Å². The van der Waals surface area contributed by atoms with Gasteiger partial charge in [0.1, 0.15) is 11.6 Å².